The predicted molar refractivity (Wildman–Crippen MR) is 72.4 cm³/mol. The van der Waals surface area contributed by atoms with E-state index in [0.717, 1.165) is 5.56 Å². The average Bonchev–Trinajstić information content (AvgIpc) is 2.58. The van der Waals surface area contributed by atoms with Crippen molar-refractivity contribution in [3.63, 3.8) is 0 Å². The van der Waals surface area contributed by atoms with Crippen molar-refractivity contribution < 1.29 is 9.90 Å². The number of ketones is 1. The molecular formula is C16H20O2. The molecular weight excluding hydrogens is 224 g/mol. The third-order valence-electron chi connectivity index (χ3n) is 3.63. The lowest BCUT2D eigenvalue weighted by Crippen LogP contribution is -2.20. The minimum atomic E-state index is -0.0712. The largest absolute Gasteiger partial charge is 0.512 e. The highest BCUT2D eigenvalue weighted by molar-refractivity contribution is 5.99. The number of rotatable bonds is 2. The molecule has 0 aliphatic heterocycles. The Labute approximate surface area is 108 Å². The van der Waals surface area contributed by atoms with Gasteiger partial charge >= 0.3 is 0 Å². The third kappa shape index (κ3) is 2.47. The molecule has 1 aliphatic carbocycles. The highest BCUT2D eigenvalue weighted by Crippen LogP contribution is 2.41. The van der Waals surface area contributed by atoms with Crippen molar-refractivity contribution >= 4 is 5.78 Å². The van der Waals surface area contributed by atoms with Crippen molar-refractivity contribution in [1.29, 1.82) is 0 Å². The monoisotopic (exact) mass is 244 g/mol. The molecule has 0 saturated carbocycles. The first kappa shape index (κ1) is 12.9. The van der Waals surface area contributed by atoms with Gasteiger partial charge in [-0.1, -0.05) is 51.1 Å². The normalized spacial score (nSPS) is 20.6. The summed E-state index contributed by atoms with van der Waals surface area (Å²) in [7, 11) is 0. The van der Waals surface area contributed by atoms with E-state index >= 15 is 0 Å². The van der Waals surface area contributed by atoms with E-state index < -0.39 is 0 Å². The number of carbonyl (C=O) groups is 1. The molecule has 1 unspecified atom stereocenters. The molecule has 1 atom stereocenters. The van der Waals surface area contributed by atoms with Crippen LogP contribution in [0.1, 0.15) is 32.8 Å². The van der Waals surface area contributed by atoms with Crippen LogP contribution in [0.4, 0.5) is 0 Å². The molecule has 0 saturated heterocycles. The molecule has 1 aromatic rings. The fourth-order valence-electron chi connectivity index (χ4n) is 2.46. The van der Waals surface area contributed by atoms with Gasteiger partial charge in [0.2, 0.25) is 0 Å². The van der Waals surface area contributed by atoms with Gasteiger partial charge in [0.05, 0.1) is 0 Å². The first-order valence-corrected chi connectivity index (χ1v) is 6.38. The second-order valence-corrected chi connectivity index (χ2v) is 6.07. The van der Waals surface area contributed by atoms with Gasteiger partial charge in [0.25, 0.3) is 0 Å². The van der Waals surface area contributed by atoms with Gasteiger partial charge in [0, 0.05) is 24.3 Å². The number of hydrogen-bond acceptors (Lipinski definition) is 2. The van der Waals surface area contributed by atoms with Gasteiger partial charge in [0.1, 0.15) is 5.76 Å². The molecule has 1 aromatic carbocycles. The summed E-state index contributed by atoms with van der Waals surface area (Å²) in [6, 6.07) is 9.82. The second-order valence-electron chi connectivity index (χ2n) is 6.07. The molecule has 0 amide bonds. The zero-order chi connectivity index (χ0) is 13.3. The summed E-state index contributed by atoms with van der Waals surface area (Å²) < 4.78 is 0. The van der Waals surface area contributed by atoms with E-state index in [0.29, 0.717) is 24.2 Å². The summed E-state index contributed by atoms with van der Waals surface area (Å²) in [5.41, 5.74) is 1.60. The molecule has 0 heterocycles. The maximum absolute atomic E-state index is 12.0. The second kappa shape index (κ2) is 4.60. The lowest BCUT2D eigenvalue weighted by Gasteiger charge is -2.26. The van der Waals surface area contributed by atoms with E-state index in [2.05, 4.69) is 20.8 Å². The van der Waals surface area contributed by atoms with E-state index in [1.54, 1.807) is 0 Å². The Hall–Kier alpha value is -1.57. The molecule has 0 spiro atoms. The highest BCUT2D eigenvalue weighted by atomic mass is 16.3. The quantitative estimate of drug-likeness (QED) is 0.861. The summed E-state index contributed by atoms with van der Waals surface area (Å²) >= 11 is 0. The van der Waals surface area contributed by atoms with Crippen LogP contribution in [0.15, 0.2) is 41.7 Å². The van der Waals surface area contributed by atoms with Crippen LogP contribution in [0, 0.1) is 11.3 Å². The topological polar surface area (TPSA) is 37.3 Å². The van der Waals surface area contributed by atoms with Gasteiger partial charge in [0.15, 0.2) is 5.78 Å². The number of aliphatic hydroxyl groups is 1. The molecule has 1 N–H and O–H groups in total. The first-order valence-electron chi connectivity index (χ1n) is 6.38. The zero-order valence-electron chi connectivity index (χ0n) is 11.2. The Morgan fingerprint density at radius 1 is 1.22 bits per heavy atom. The third-order valence-corrected chi connectivity index (χ3v) is 3.63. The van der Waals surface area contributed by atoms with E-state index in [1.807, 2.05) is 30.3 Å². The van der Waals surface area contributed by atoms with E-state index in [1.165, 1.54) is 0 Å². The van der Waals surface area contributed by atoms with Gasteiger partial charge in [-0.15, -0.1) is 0 Å². The fourth-order valence-corrected chi connectivity index (χ4v) is 2.46. The Balaban J connectivity index is 2.27. The van der Waals surface area contributed by atoms with Gasteiger partial charge in [-0.2, -0.15) is 0 Å². The van der Waals surface area contributed by atoms with Crippen LogP contribution in [-0.4, -0.2) is 10.9 Å². The van der Waals surface area contributed by atoms with Crippen molar-refractivity contribution in [2.75, 3.05) is 0 Å². The van der Waals surface area contributed by atoms with Gasteiger partial charge in [-0.3, -0.25) is 4.79 Å². The minimum absolute atomic E-state index is 0.0382. The molecule has 0 fully saturated rings. The van der Waals surface area contributed by atoms with Gasteiger partial charge in [-0.05, 0) is 11.0 Å². The van der Waals surface area contributed by atoms with Gasteiger partial charge in [-0.25, -0.2) is 0 Å². The Kier molecular flexibility index (Phi) is 3.29. The Morgan fingerprint density at radius 2 is 1.83 bits per heavy atom. The lowest BCUT2D eigenvalue weighted by molar-refractivity contribution is -0.115. The zero-order valence-corrected chi connectivity index (χ0v) is 11.2. The molecule has 2 rings (SSSR count). The summed E-state index contributed by atoms with van der Waals surface area (Å²) in [6.07, 6.45) is 0.982. The lowest BCUT2D eigenvalue weighted by atomic mass is 9.79. The van der Waals surface area contributed by atoms with Crippen LogP contribution in [0.2, 0.25) is 0 Å². The standard InChI is InChI=1S/C16H20O2/c1-16(2,3)13-10-14(17)12(15(13)18)9-11-7-5-4-6-8-11/h4-8,13,18H,9-10H2,1-3H3. The number of hydrogen-bond donors (Lipinski definition) is 1. The SMILES string of the molecule is CC(C)(C)C1CC(=O)C(Cc2ccccc2)=C1O. The first-order chi connectivity index (χ1) is 8.39. The number of aliphatic hydroxyl groups excluding tert-OH is 1. The maximum Gasteiger partial charge on any atom is 0.163 e. The highest BCUT2D eigenvalue weighted by Gasteiger charge is 2.39. The molecule has 96 valence electrons. The number of allylic oxidation sites excluding steroid dienone is 2. The van der Waals surface area contributed by atoms with Crippen molar-refractivity contribution in [3.8, 4) is 0 Å². The molecule has 18 heavy (non-hydrogen) atoms. The predicted octanol–water partition coefficient (Wildman–Crippen LogP) is 3.68. The van der Waals surface area contributed by atoms with Crippen LogP contribution in [0.5, 0.6) is 0 Å². The van der Waals surface area contributed by atoms with E-state index in [-0.39, 0.29) is 17.1 Å². The van der Waals surface area contributed by atoms with Crippen LogP contribution in [0.3, 0.4) is 0 Å². The number of Topliss-reactive ketones (excluding diaryl/α,β-unsaturated/α-hetero) is 1. The molecule has 0 radical (unpaired) electrons. The van der Waals surface area contributed by atoms with Crippen LogP contribution >= 0.6 is 0 Å². The average molecular weight is 244 g/mol. The van der Waals surface area contributed by atoms with E-state index in [9.17, 15) is 9.90 Å². The summed E-state index contributed by atoms with van der Waals surface area (Å²) in [6.45, 7) is 6.19. The maximum atomic E-state index is 12.0. The summed E-state index contributed by atoms with van der Waals surface area (Å²) in [5, 5.41) is 10.3. The van der Waals surface area contributed by atoms with Crippen LogP contribution < -0.4 is 0 Å². The van der Waals surface area contributed by atoms with Crippen molar-refractivity contribution in [3.05, 3.63) is 47.2 Å². The smallest absolute Gasteiger partial charge is 0.163 e. The summed E-state index contributed by atoms with van der Waals surface area (Å²) in [5.74, 6) is 0.358. The number of benzene rings is 1. The van der Waals surface area contributed by atoms with Crippen molar-refractivity contribution in [2.24, 2.45) is 11.3 Å². The summed E-state index contributed by atoms with van der Waals surface area (Å²) in [4.78, 5) is 12.0. The molecule has 0 bridgehead atoms. The molecule has 0 aromatic heterocycles. The number of carbonyl (C=O) groups excluding carboxylic acids is 1. The van der Waals surface area contributed by atoms with Crippen LogP contribution in [-0.2, 0) is 11.2 Å². The minimum Gasteiger partial charge on any atom is -0.512 e. The van der Waals surface area contributed by atoms with Crippen molar-refractivity contribution in [2.45, 2.75) is 33.6 Å². The molecule has 2 nitrogen and oxygen atoms in total. The Bertz CT molecular complexity index is 478. The fraction of sp³-hybridized carbons (Fsp3) is 0.438. The van der Waals surface area contributed by atoms with Gasteiger partial charge < -0.3 is 5.11 Å². The Morgan fingerprint density at radius 3 is 2.33 bits per heavy atom. The van der Waals surface area contributed by atoms with E-state index in [4.69, 9.17) is 0 Å². The molecule has 1 aliphatic rings. The molecule has 2 heteroatoms. The van der Waals surface area contributed by atoms with Crippen LogP contribution in [0.25, 0.3) is 0 Å². The van der Waals surface area contributed by atoms with Crippen molar-refractivity contribution in [1.82, 2.24) is 0 Å².